The minimum absolute atomic E-state index is 0.161. The number of carbonyl (C=O) groups is 2. The van der Waals surface area contributed by atoms with Gasteiger partial charge in [-0.25, -0.2) is 4.79 Å². The second-order valence-electron chi connectivity index (χ2n) is 5.12. The Balaban J connectivity index is 1.72. The number of nitrogens with zero attached hydrogens (tertiary/aromatic N) is 4. The molecule has 7 nitrogen and oxygen atoms in total. The van der Waals surface area contributed by atoms with Crippen molar-refractivity contribution in [3.05, 3.63) is 41.7 Å². The molecule has 120 valence electrons. The van der Waals surface area contributed by atoms with E-state index < -0.39 is 5.91 Å². The molecule has 1 N–H and O–H groups in total. The zero-order valence-corrected chi connectivity index (χ0v) is 13.5. The topological polar surface area (TPSA) is 80.1 Å². The molecule has 1 saturated heterocycles. The molecule has 0 unspecified atom stereocenters. The summed E-state index contributed by atoms with van der Waals surface area (Å²) in [4.78, 5) is 27.4. The van der Waals surface area contributed by atoms with Crippen molar-refractivity contribution < 1.29 is 9.59 Å². The van der Waals surface area contributed by atoms with E-state index in [2.05, 4.69) is 15.5 Å². The van der Waals surface area contributed by atoms with E-state index in [-0.39, 0.29) is 11.7 Å². The van der Waals surface area contributed by atoms with Crippen LogP contribution in [0.2, 0.25) is 0 Å². The van der Waals surface area contributed by atoms with Crippen molar-refractivity contribution in [2.75, 3.05) is 24.6 Å². The Morgan fingerprint density at radius 3 is 2.52 bits per heavy atom. The molecule has 8 heteroatoms. The molecule has 1 aromatic heterocycles. The summed E-state index contributed by atoms with van der Waals surface area (Å²) in [5.74, 6) is 1.27. The van der Waals surface area contributed by atoms with Gasteiger partial charge in [-0.15, -0.1) is 5.10 Å². The monoisotopic (exact) mass is 331 g/mol. The van der Waals surface area contributed by atoms with E-state index in [1.807, 2.05) is 30.3 Å². The van der Waals surface area contributed by atoms with Crippen LogP contribution >= 0.6 is 11.8 Å². The number of aromatic nitrogens is 3. The quantitative estimate of drug-likeness (QED) is 0.901. The smallest absolute Gasteiger partial charge is 0.323 e. The van der Waals surface area contributed by atoms with Crippen LogP contribution in [0.25, 0.3) is 5.69 Å². The predicted octanol–water partition coefficient (Wildman–Crippen LogP) is 1.47. The fourth-order valence-corrected chi connectivity index (χ4v) is 3.17. The molecule has 0 aliphatic carbocycles. The van der Waals surface area contributed by atoms with Gasteiger partial charge < -0.3 is 4.90 Å². The van der Waals surface area contributed by atoms with Gasteiger partial charge in [0.25, 0.3) is 5.91 Å². The molecule has 1 aliphatic rings. The Kier molecular flexibility index (Phi) is 4.61. The maximum Gasteiger partial charge on any atom is 0.324 e. The molecule has 1 aromatic carbocycles. The standard InChI is InChI=1S/C15H17N5O2S/c1-11-13(18-20(17-11)12-5-3-2-4-6-12)14(21)16-15(22)19-7-9-23-10-8-19/h2-6H,7-10H2,1H3,(H,16,21,22). The zero-order chi connectivity index (χ0) is 16.2. The lowest BCUT2D eigenvalue weighted by Gasteiger charge is -2.25. The number of aryl methyl sites for hydroxylation is 1. The minimum Gasteiger partial charge on any atom is -0.323 e. The summed E-state index contributed by atoms with van der Waals surface area (Å²) >= 11 is 1.80. The van der Waals surface area contributed by atoms with Crippen LogP contribution < -0.4 is 5.32 Å². The van der Waals surface area contributed by atoms with Crippen molar-refractivity contribution in [3.63, 3.8) is 0 Å². The van der Waals surface area contributed by atoms with Gasteiger partial charge in [-0.05, 0) is 19.1 Å². The number of hydrogen-bond acceptors (Lipinski definition) is 5. The first-order chi connectivity index (χ1) is 11.1. The normalized spacial score (nSPS) is 14.6. The van der Waals surface area contributed by atoms with Gasteiger partial charge in [0, 0.05) is 24.6 Å². The maximum atomic E-state index is 12.3. The van der Waals surface area contributed by atoms with Crippen LogP contribution in [0.15, 0.2) is 30.3 Å². The molecular weight excluding hydrogens is 314 g/mol. The first kappa shape index (κ1) is 15.5. The molecule has 2 aromatic rings. The van der Waals surface area contributed by atoms with Gasteiger partial charge in [0.1, 0.15) is 0 Å². The van der Waals surface area contributed by atoms with Crippen LogP contribution in [-0.4, -0.2) is 56.4 Å². The van der Waals surface area contributed by atoms with E-state index in [1.54, 1.807) is 23.6 Å². The lowest BCUT2D eigenvalue weighted by Crippen LogP contribution is -2.46. The summed E-state index contributed by atoms with van der Waals surface area (Å²) in [6, 6.07) is 8.94. The van der Waals surface area contributed by atoms with Crippen molar-refractivity contribution in [2.45, 2.75) is 6.92 Å². The molecule has 23 heavy (non-hydrogen) atoms. The number of para-hydroxylation sites is 1. The number of hydrogen-bond donors (Lipinski definition) is 1. The van der Waals surface area contributed by atoms with Gasteiger partial charge in [0.2, 0.25) is 0 Å². The first-order valence-corrected chi connectivity index (χ1v) is 8.48. The highest BCUT2D eigenvalue weighted by Crippen LogP contribution is 2.10. The van der Waals surface area contributed by atoms with Crippen LogP contribution in [0.5, 0.6) is 0 Å². The largest absolute Gasteiger partial charge is 0.324 e. The summed E-state index contributed by atoms with van der Waals surface area (Å²) in [6.45, 7) is 3.00. The van der Waals surface area contributed by atoms with Crippen molar-refractivity contribution in [1.82, 2.24) is 25.2 Å². The molecule has 2 heterocycles. The molecule has 0 bridgehead atoms. The second kappa shape index (κ2) is 6.82. The minimum atomic E-state index is -0.520. The van der Waals surface area contributed by atoms with Crippen LogP contribution in [0.4, 0.5) is 4.79 Å². The number of rotatable bonds is 2. The van der Waals surface area contributed by atoms with E-state index >= 15 is 0 Å². The average molecular weight is 331 g/mol. The lowest BCUT2D eigenvalue weighted by molar-refractivity contribution is 0.0947. The van der Waals surface area contributed by atoms with Gasteiger partial charge in [-0.2, -0.15) is 21.7 Å². The van der Waals surface area contributed by atoms with Crippen molar-refractivity contribution in [3.8, 4) is 5.69 Å². The number of amides is 3. The molecule has 0 saturated carbocycles. The second-order valence-corrected chi connectivity index (χ2v) is 6.34. The van der Waals surface area contributed by atoms with Gasteiger partial charge in [-0.3, -0.25) is 10.1 Å². The number of thioether (sulfide) groups is 1. The number of nitrogens with one attached hydrogen (secondary N) is 1. The Bertz CT molecular complexity index is 710. The summed E-state index contributed by atoms with van der Waals surface area (Å²) in [7, 11) is 0. The summed E-state index contributed by atoms with van der Waals surface area (Å²) < 4.78 is 0. The molecule has 0 atom stereocenters. The number of urea groups is 1. The Hall–Kier alpha value is -2.35. The Labute approximate surface area is 138 Å². The molecule has 1 aliphatic heterocycles. The van der Waals surface area contributed by atoms with Gasteiger partial charge in [-0.1, -0.05) is 18.2 Å². The van der Waals surface area contributed by atoms with Gasteiger partial charge >= 0.3 is 6.03 Å². The third-order valence-electron chi connectivity index (χ3n) is 3.50. The number of imide groups is 1. The van der Waals surface area contributed by atoms with E-state index in [9.17, 15) is 9.59 Å². The summed E-state index contributed by atoms with van der Waals surface area (Å²) in [5.41, 5.74) is 1.40. The molecule has 1 fully saturated rings. The highest BCUT2D eigenvalue weighted by Gasteiger charge is 2.22. The van der Waals surface area contributed by atoms with E-state index in [1.165, 1.54) is 4.80 Å². The number of benzene rings is 1. The first-order valence-electron chi connectivity index (χ1n) is 7.32. The average Bonchev–Trinajstić information content (AvgIpc) is 2.98. The highest BCUT2D eigenvalue weighted by molar-refractivity contribution is 7.99. The van der Waals surface area contributed by atoms with Crippen LogP contribution in [-0.2, 0) is 0 Å². The molecule has 3 amide bonds. The van der Waals surface area contributed by atoms with Crippen molar-refractivity contribution in [2.24, 2.45) is 0 Å². The summed E-state index contributed by atoms with van der Waals surface area (Å²) in [6.07, 6.45) is 0. The fraction of sp³-hybridized carbons (Fsp3) is 0.333. The van der Waals surface area contributed by atoms with Crippen LogP contribution in [0.1, 0.15) is 16.2 Å². The molecule has 0 radical (unpaired) electrons. The van der Waals surface area contributed by atoms with E-state index in [0.29, 0.717) is 18.8 Å². The third kappa shape index (κ3) is 3.53. The van der Waals surface area contributed by atoms with Gasteiger partial charge in [0.05, 0.1) is 11.4 Å². The molecule has 0 spiro atoms. The number of carbonyl (C=O) groups excluding carboxylic acids is 2. The molecular formula is C15H17N5O2S. The summed E-state index contributed by atoms with van der Waals surface area (Å²) in [5, 5.41) is 10.8. The van der Waals surface area contributed by atoms with Crippen molar-refractivity contribution >= 4 is 23.7 Å². The highest BCUT2D eigenvalue weighted by atomic mass is 32.2. The van der Waals surface area contributed by atoms with E-state index in [0.717, 1.165) is 17.2 Å². The fourth-order valence-electron chi connectivity index (χ4n) is 2.27. The Morgan fingerprint density at radius 1 is 1.13 bits per heavy atom. The van der Waals surface area contributed by atoms with Crippen molar-refractivity contribution in [1.29, 1.82) is 0 Å². The SMILES string of the molecule is Cc1nn(-c2ccccc2)nc1C(=O)NC(=O)N1CCSCC1. The Morgan fingerprint density at radius 2 is 1.83 bits per heavy atom. The van der Waals surface area contributed by atoms with Gasteiger partial charge in [0.15, 0.2) is 5.69 Å². The zero-order valence-electron chi connectivity index (χ0n) is 12.7. The van der Waals surface area contributed by atoms with E-state index in [4.69, 9.17) is 0 Å². The molecule has 3 rings (SSSR count). The van der Waals surface area contributed by atoms with Crippen LogP contribution in [0, 0.1) is 6.92 Å². The predicted molar refractivity (Wildman–Crippen MR) is 87.9 cm³/mol. The lowest BCUT2D eigenvalue weighted by atomic mass is 10.3. The van der Waals surface area contributed by atoms with Crippen LogP contribution in [0.3, 0.4) is 0 Å². The maximum absolute atomic E-state index is 12.3. The third-order valence-corrected chi connectivity index (χ3v) is 4.45.